The van der Waals surface area contributed by atoms with Gasteiger partial charge in [0, 0.05) is 19.3 Å². The molecular weight excluding hydrogens is 222 g/mol. The molecule has 94 valence electrons. The SMILES string of the molecule is CCN1CCOC(Cn2ccc(C(=O)O)n2)C1. The van der Waals surface area contributed by atoms with Crippen molar-refractivity contribution < 1.29 is 14.6 Å². The predicted molar refractivity (Wildman–Crippen MR) is 61.0 cm³/mol. The van der Waals surface area contributed by atoms with Crippen LogP contribution in [0.2, 0.25) is 0 Å². The molecule has 2 heterocycles. The smallest absolute Gasteiger partial charge is 0.356 e. The van der Waals surface area contributed by atoms with Crippen molar-refractivity contribution in [3.05, 3.63) is 18.0 Å². The molecule has 1 N–H and O–H groups in total. The molecule has 1 saturated heterocycles. The number of aromatic carboxylic acids is 1. The van der Waals surface area contributed by atoms with Gasteiger partial charge < -0.3 is 9.84 Å². The molecule has 0 amide bonds. The first-order valence-corrected chi connectivity index (χ1v) is 5.79. The summed E-state index contributed by atoms with van der Waals surface area (Å²) in [4.78, 5) is 13.0. The molecule has 1 aromatic heterocycles. The van der Waals surface area contributed by atoms with Crippen LogP contribution in [-0.4, -0.2) is 58.1 Å². The van der Waals surface area contributed by atoms with Crippen LogP contribution >= 0.6 is 0 Å². The zero-order valence-electron chi connectivity index (χ0n) is 9.87. The zero-order valence-corrected chi connectivity index (χ0v) is 9.87. The van der Waals surface area contributed by atoms with E-state index in [9.17, 15) is 4.79 Å². The predicted octanol–water partition coefficient (Wildman–Crippen LogP) is 0.302. The minimum absolute atomic E-state index is 0.0770. The molecule has 0 radical (unpaired) electrons. The Bertz CT molecular complexity index is 391. The number of nitrogens with zero attached hydrogens (tertiary/aromatic N) is 3. The van der Waals surface area contributed by atoms with E-state index in [1.54, 1.807) is 10.9 Å². The molecule has 1 aliphatic rings. The molecule has 0 saturated carbocycles. The fourth-order valence-corrected chi connectivity index (χ4v) is 1.96. The van der Waals surface area contributed by atoms with Gasteiger partial charge in [-0.1, -0.05) is 6.92 Å². The second-order valence-electron chi connectivity index (χ2n) is 4.11. The van der Waals surface area contributed by atoms with Crippen molar-refractivity contribution in [3.8, 4) is 0 Å². The number of carboxylic acids is 1. The van der Waals surface area contributed by atoms with Crippen LogP contribution in [0.3, 0.4) is 0 Å². The molecule has 2 rings (SSSR count). The highest BCUT2D eigenvalue weighted by atomic mass is 16.5. The van der Waals surface area contributed by atoms with Crippen LogP contribution in [0.5, 0.6) is 0 Å². The molecule has 17 heavy (non-hydrogen) atoms. The second kappa shape index (κ2) is 5.29. The van der Waals surface area contributed by atoms with Gasteiger partial charge in [0.1, 0.15) is 0 Å². The number of hydrogen-bond donors (Lipinski definition) is 1. The summed E-state index contributed by atoms with van der Waals surface area (Å²) >= 11 is 0. The average Bonchev–Trinajstić information content (AvgIpc) is 2.78. The molecule has 1 atom stereocenters. The molecule has 1 fully saturated rings. The van der Waals surface area contributed by atoms with Crippen molar-refractivity contribution >= 4 is 5.97 Å². The normalized spacial score (nSPS) is 21.6. The topological polar surface area (TPSA) is 67.6 Å². The Hall–Kier alpha value is -1.40. The highest BCUT2D eigenvalue weighted by Gasteiger charge is 2.20. The largest absolute Gasteiger partial charge is 0.476 e. The van der Waals surface area contributed by atoms with Crippen molar-refractivity contribution in [1.29, 1.82) is 0 Å². The van der Waals surface area contributed by atoms with E-state index >= 15 is 0 Å². The molecule has 6 heteroatoms. The summed E-state index contributed by atoms with van der Waals surface area (Å²) in [6, 6.07) is 1.50. The number of rotatable bonds is 4. The maximum absolute atomic E-state index is 10.7. The maximum Gasteiger partial charge on any atom is 0.356 e. The van der Waals surface area contributed by atoms with E-state index in [-0.39, 0.29) is 11.8 Å². The lowest BCUT2D eigenvalue weighted by Crippen LogP contribution is -2.44. The van der Waals surface area contributed by atoms with E-state index < -0.39 is 5.97 Å². The van der Waals surface area contributed by atoms with E-state index in [1.807, 2.05) is 0 Å². The van der Waals surface area contributed by atoms with Crippen LogP contribution in [-0.2, 0) is 11.3 Å². The van der Waals surface area contributed by atoms with Crippen LogP contribution < -0.4 is 0 Å². The monoisotopic (exact) mass is 239 g/mol. The summed E-state index contributed by atoms with van der Waals surface area (Å²) in [6.45, 7) is 6.30. The van der Waals surface area contributed by atoms with Gasteiger partial charge in [0.25, 0.3) is 0 Å². The Morgan fingerprint density at radius 2 is 2.53 bits per heavy atom. The highest BCUT2D eigenvalue weighted by molar-refractivity contribution is 5.84. The molecule has 6 nitrogen and oxygen atoms in total. The number of carboxylic acid groups (broad SMARTS) is 1. The Morgan fingerprint density at radius 3 is 3.18 bits per heavy atom. The van der Waals surface area contributed by atoms with E-state index in [2.05, 4.69) is 16.9 Å². The fourth-order valence-electron chi connectivity index (χ4n) is 1.96. The molecule has 1 aliphatic heterocycles. The van der Waals surface area contributed by atoms with Crippen LogP contribution in [0.25, 0.3) is 0 Å². The van der Waals surface area contributed by atoms with Gasteiger partial charge in [-0.2, -0.15) is 5.10 Å². The standard InChI is InChI=1S/C11H17N3O3/c1-2-13-5-6-17-9(7-13)8-14-4-3-10(12-14)11(15)16/h3-4,9H,2,5-8H2,1H3,(H,15,16). The van der Waals surface area contributed by atoms with Gasteiger partial charge in [-0.25, -0.2) is 4.79 Å². The lowest BCUT2D eigenvalue weighted by atomic mass is 10.2. The van der Waals surface area contributed by atoms with Gasteiger partial charge in [-0.05, 0) is 12.6 Å². The number of hydrogen-bond acceptors (Lipinski definition) is 4. The summed E-state index contributed by atoms with van der Waals surface area (Å²) in [7, 11) is 0. The third kappa shape index (κ3) is 3.04. The number of aromatic nitrogens is 2. The lowest BCUT2D eigenvalue weighted by molar-refractivity contribution is -0.0358. The minimum atomic E-state index is -0.997. The summed E-state index contributed by atoms with van der Waals surface area (Å²) in [6.07, 6.45) is 1.77. The Morgan fingerprint density at radius 1 is 1.71 bits per heavy atom. The number of morpholine rings is 1. The fraction of sp³-hybridized carbons (Fsp3) is 0.636. The van der Waals surface area contributed by atoms with Crippen molar-refractivity contribution in [1.82, 2.24) is 14.7 Å². The molecular formula is C11H17N3O3. The quantitative estimate of drug-likeness (QED) is 0.818. The van der Waals surface area contributed by atoms with Gasteiger partial charge in [-0.15, -0.1) is 0 Å². The van der Waals surface area contributed by atoms with Crippen molar-refractivity contribution in [3.63, 3.8) is 0 Å². The molecule has 0 aromatic carbocycles. The summed E-state index contributed by atoms with van der Waals surface area (Å²) in [5, 5.41) is 12.7. The third-order valence-electron chi connectivity index (χ3n) is 2.92. The summed E-state index contributed by atoms with van der Waals surface area (Å²) < 4.78 is 7.27. The first kappa shape index (κ1) is 12.1. The maximum atomic E-state index is 10.7. The Balaban J connectivity index is 1.93. The first-order valence-electron chi connectivity index (χ1n) is 5.79. The number of carbonyl (C=O) groups is 1. The second-order valence-corrected chi connectivity index (χ2v) is 4.11. The van der Waals surface area contributed by atoms with Gasteiger partial charge in [-0.3, -0.25) is 9.58 Å². The molecule has 0 bridgehead atoms. The van der Waals surface area contributed by atoms with Gasteiger partial charge in [0.2, 0.25) is 0 Å². The van der Waals surface area contributed by atoms with E-state index in [1.165, 1.54) is 6.07 Å². The van der Waals surface area contributed by atoms with E-state index in [4.69, 9.17) is 9.84 Å². The van der Waals surface area contributed by atoms with E-state index in [0.29, 0.717) is 6.54 Å². The van der Waals surface area contributed by atoms with Gasteiger partial charge in [0.15, 0.2) is 5.69 Å². The highest BCUT2D eigenvalue weighted by Crippen LogP contribution is 2.07. The summed E-state index contributed by atoms with van der Waals surface area (Å²) in [5.41, 5.74) is 0.0770. The van der Waals surface area contributed by atoms with Crippen molar-refractivity contribution in [2.45, 2.75) is 19.6 Å². The molecule has 0 spiro atoms. The average molecular weight is 239 g/mol. The zero-order chi connectivity index (χ0) is 12.3. The molecule has 1 aromatic rings. The lowest BCUT2D eigenvalue weighted by Gasteiger charge is -2.31. The van der Waals surface area contributed by atoms with Crippen LogP contribution in [0, 0.1) is 0 Å². The van der Waals surface area contributed by atoms with E-state index in [0.717, 1.165) is 26.2 Å². The van der Waals surface area contributed by atoms with Gasteiger partial charge >= 0.3 is 5.97 Å². The minimum Gasteiger partial charge on any atom is -0.476 e. The molecule has 1 unspecified atom stereocenters. The van der Waals surface area contributed by atoms with Crippen LogP contribution in [0.15, 0.2) is 12.3 Å². The Kier molecular flexibility index (Phi) is 3.75. The number of likely N-dealkylation sites (N-methyl/N-ethyl adjacent to an activating group) is 1. The van der Waals surface area contributed by atoms with Gasteiger partial charge in [0.05, 0.1) is 19.3 Å². The van der Waals surface area contributed by atoms with Crippen LogP contribution in [0.1, 0.15) is 17.4 Å². The third-order valence-corrected chi connectivity index (χ3v) is 2.92. The first-order chi connectivity index (χ1) is 8.19. The Labute approximate surface area is 99.8 Å². The van der Waals surface area contributed by atoms with Crippen molar-refractivity contribution in [2.24, 2.45) is 0 Å². The van der Waals surface area contributed by atoms with Crippen molar-refractivity contribution in [2.75, 3.05) is 26.2 Å². The number of ether oxygens (including phenoxy) is 1. The van der Waals surface area contributed by atoms with Crippen LogP contribution in [0.4, 0.5) is 0 Å². The summed E-state index contributed by atoms with van der Waals surface area (Å²) in [5.74, 6) is -0.997. The molecule has 0 aliphatic carbocycles.